The van der Waals surface area contributed by atoms with Gasteiger partial charge < -0.3 is 15.0 Å². The molecule has 0 radical (unpaired) electrons. The fourth-order valence-corrected chi connectivity index (χ4v) is 4.92. The summed E-state index contributed by atoms with van der Waals surface area (Å²) in [7, 11) is 2.04. The summed E-state index contributed by atoms with van der Waals surface area (Å²) in [6.45, 7) is 7.64. The number of carbonyl (C=O) groups is 2. The zero-order valence-corrected chi connectivity index (χ0v) is 19.0. The number of para-hydroxylation sites is 1. The van der Waals surface area contributed by atoms with Crippen molar-refractivity contribution in [2.75, 3.05) is 13.6 Å². The number of pyridine rings is 1. The number of nitrogens with zero attached hydrogens (tertiary/aromatic N) is 2. The zero-order chi connectivity index (χ0) is 22.1. The lowest BCUT2D eigenvalue weighted by Gasteiger charge is -2.35. The summed E-state index contributed by atoms with van der Waals surface area (Å²) in [6, 6.07) is 7.80. The second-order valence-corrected chi connectivity index (χ2v) is 9.35. The highest BCUT2D eigenvalue weighted by molar-refractivity contribution is 6.05. The molecule has 1 aromatic heterocycles. The Morgan fingerprint density at radius 3 is 2.81 bits per heavy atom. The highest BCUT2D eigenvalue weighted by atomic mass is 16.5. The summed E-state index contributed by atoms with van der Waals surface area (Å²) in [6.07, 6.45) is 3.25. The normalized spacial score (nSPS) is 25.0. The zero-order valence-electron chi connectivity index (χ0n) is 19.0. The lowest BCUT2D eigenvalue weighted by atomic mass is 9.78. The van der Waals surface area contributed by atoms with Gasteiger partial charge in [0.2, 0.25) is 0 Å². The standard InChI is InChI=1S/C25H33N3O3/c1-15-8-7-11-20(16(15)2)27-24(29)17(3)31-25(30)23-18-9-5-6-10-21(18)26-22-12-13-28(4)14-19(22)23/h5-6,9-10,15-17,20H,7-8,11-14H2,1-4H3,(H,27,29)/t15-,16-,17-,20+/m0/s1. The van der Waals surface area contributed by atoms with Gasteiger partial charge >= 0.3 is 5.97 Å². The van der Waals surface area contributed by atoms with Crippen molar-refractivity contribution in [2.45, 2.75) is 65.1 Å². The molecule has 1 aliphatic heterocycles. The van der Waals surface area contributed by atoms with E-state index in [0.717, 1.165) is 48.0 Å². The van der Waals surface area contributed by atoms with E-state index in [9.17, 15) is 9.59 Å². The Balaban J connectivity index is 1.55. The first kappa shape index (κ1) is 21.8. The number of hydrogen-bond donors (Lipinski definition) is 1. The van der Waals surface area contributed by atoms with Crippen LogP contribution in [0.5, 0.6) is 0 Å². The van der Waals surface area contributed by atoms with E-state index >= 15 is 0 Å². The van der Waals surface area contributed by atoms with Crippen LogP contribution in [0.3, 0.4) is 0 Å². The fraction of sp³-hybridized carbons (Fsp3) is 0.560. The van der Waals surface area contributed by atoms with Gasteiger partial charge in [-0.25, -0.2) is 4.79 Å². The maximum Gasteiger partial charge on any atom is 0.339 e. The highest BCUT2D eigenvalue weighted by Crippen LogP contribution is 2.30. The van der Waals surface area contributed by atoms with Crippen molar-refractivity contribution >= 4 is 22.8 Å². The molecule has 6 nitrogen and oxygen atoms in total. The fourth-order valence-electron chi connectivity index (χ4n) is 4.92. The van der Waals surface area contributed by atoms with Crippen molar-refractivity contribution in [3.05, 3.63) is 41.1 Å². The monoisotopic (exact) mass is 423 g/mol. The molecular weight excluding hydrogens is 390 g/mol. The predicted molar refractivity (Wildman–Crippen MR) is 121 cm³/mol. The van der Waals surface area contributed by atoms with Gasteiger partial charge in [-0.1, -0.05) is 44.9 Å². The van der Waals surface area contributed by atoms with Crippen LogP contribution in [0.4, 0.5) is 0 Å². The Bertz CT molecular complexity index is 989. The minimum atomic E-state index is -0.846. The molecule has 6 heteroatoms. The van der Waals surface area contributed by atoms with Gasteiger partial charge in [0.25, 0.3) is 5.91 Å². The van der Waals surface area contributed by atoms with Crippen molar-refractivity contribution in [3.63, 3.8) is 0 Å². The maximum absolute atomic E-state index is 13.3. The molecule has 0 bridgehead atoms. The van der Waals surface area contributed by atoms with Gasteiger partial charge in [-0.3, -0.25) is 9.78 Å². The van der Waals surface area contributed by atoms with Crippen LogP contribution in [0.25, 0.3) is 10.9 Å². The molecule has 1 aromatic carbocycles. The molecule has 4 atom stereocenters. The predicted octanol–water partition coefficient (Wildman–Crippen LogP) is 3.71. The Morgan fingerprint density at radius 2 is 2.00 bits per heavy atom. The highest BCUT2D eigenvalue weighted by Gasteiger charge is 2.31. The molecule has 1 aliphatic carbocycles. The van der Waals surface area contributed by atoms with Gasteiger partial charge in [-0.2, -0.15) is 0 Å². The lowest BCUT2D eigenvalue weighted by molar-refractivity contribution is -0.130. The van der Waals surface area contributed by atoms with Crippen LogP contribution < -0.4 is 5.32 Å². The quantitative estimate of drug-likeness (QED) is 0.759. The SMILES string of the molecule is C[C@H]1[C@@H](C)CCC[C@H]1NC(=O)[C@H](C)OC(=O)c1c2c(nc3ccccc13)CCN(C)C2. The third-order valence-electron chi connectivity index (χ3n) is 7.13. The molecule has 2 aromatic rings. The van der Waals surface area contributed by atoms with E-state index in [1.807, 2.05) is 31.3 Å². The number of esters is 1. The van der Waals surface area contributed by atoms with E-state index in [2.05, 4.69) is 24.1 Å². The minimum absolute atomic E-state index is 0.139. The van der Waals surface area contributed by atoms with E-state index in [4.69, 9.17) is 9.72 Å². The van der Waals surface area contributed by atoms with Crippen LogP contribution in [0.15, 0.2) is 24.3 Å². The van der Waals surface area contributed by atoms with E-state index in [1.54, 1.807) is 6.92 Å². The molecule has 31 heavy (non-hydrogen) atoms. The molecule has 1 amide bonds. The second kappa shape index (κ2) is 8.95. The van der Waals surface area contributed by atoms with Gasteiger partial charge in [0, 0.05) is 42.2 Å². The molecular formula is C25H33N3O3. The molecule has 4 rings (SSSR count). The maximum atomic E-state index is 13.3. The summed E-state index contributed by atoms with van der Waals surface area (Å²) in [5.41, 5.74) is 3.21. The van der Waals surface area contributed by atoms with E-state index < -0.39 is 12.1 Å². The molecule has 2 aliphatic rings. The van der Waals surface area contributed by atoms with Crippen molar-refractivity contribution in [3.8, 4) is 0 Å². The number of benzene rings is 1. The third kappa shape index (κ3) is 4.45. The number of fused-ring (bicyclic) bond motifs is 2. The number of nitrogens with one attached hydrogen (secondary N) is 1. The smallest absolute Gasteiger partial charge is 0.339 e. The minimum Gasteiger partial charge on any atom is -0.449 e. The molecule has 1 saturated carbocycles. The summed E-state index contributed by atoms with van der Waals surface area (Å²) in [5.74, 6) is 0.345. The number of ether oxygens (including phenoxy) is 1. The van der Waals surface area contributed by atoms with Crippen molar-refractivity contribution in [1.82, 2.24) is 15.2 Å². The number of aromatic nitrogens is 1. The average Bonchev–Trinajstić information content (AvgIpc) is 2.75. The van der Waals surface area contributed by atoms with Gasteiger partial charge in [-0.05, 0) is 38.3 Å². The molecule has 2 heterocycles. The number of rotatable bonds is 4. The molecule has 1 fully saturated rings. The van der Waals surface area contributed by atoms with E-state index in [0.29, 0.717) is 23.9 Å². The Morgan fingerprint density at radius 1 is 1.23 bits per heavy atom. The Labute approximate surface area is 184 Å². The molecule has 0 unspecified atom stereocenters. The average molecular weight is 424 g/mol. The first-order valence-electron chi connectivity index (χ1n) is 11.5. The Hall–Kier alpha value is -2.47. The first-order valence-corrected chi connectivity index (χ1v) is 11.5. The van der Waals surface area contributed by atoms with Crippen LogP contribution >= 0.6 is 0 Å². The topological polar surface area (TPSA) is 71.5 Å². The Kier molecular flexibility index (Phi) is 6.28. The summed E-state index contributed by atoms with van der Waals surface area (Å²) in [5, 5.41) is 3.91. The number of hydrogen-bond acceptors (Lipinski definition) is 5. The van der Waals surface area contributed by atoms with Gasteiger partial charge in [-0.15, -0.1) is 0 Å². The number of likely N-dealkylation sites (N-methyl/N-ethyl adjacent to an activating group) is 1. The van der Waals surface area contributed by atoms with Crippen LogP contribution in [-0.4, -0.2) is 47.5 Å². The third-order valence-corrected chi connectivity index (χ3v) is 7.13. The van der Waals surface area contributed by atoms with Gasteiger partial charge in [0.05, 0.1) is 11.1 Å². The summed E-state index contributed by atoms with van der Waals surface area (Å²) >= 11 is 0. The van der Waals surface area contributed by atoms with Gasteiger partial charge in [0.15, 0.2) is 6.10 Å². The number of amides is 1. The van der Waals surface area contributed by atoms with Gasteiger partial charge in [0.1, 0.15) is 0 Å². The second-order valence-electron chi connectivity index (χ2n) is 9.35. The van der Waals surface area contributed by atoms with Crippen LogP contribution in [0, 0.1) is 11.8 Å². The van der Waals surface area contributed by atoms with Crippen molar-refractivity contribution < 1.29 is 14.3 Å². The largest absolute Gasteiger partial charge is 0.449 e. The molecule has 166 valence electrons. The summed E-state index contributed by atoms with van der Waals surface area (Å²) in [4.78, 5) is 33.1. The van der Waals surface area contributed by atoms with E-state index in [1.165, 1.54) is 6.42 Å². The summed E-state index contributed by atoms with van der Waals surface area (Å²) < 4.78 is 5.71. The van der Waals surface area contributed by atoms with Crippen molar-refractivity contribution in [1.29, 1.82) is 0 Å². The van der Waals surface area contributed by atoms with Crippen LogP contribution in [0.2, 0.25) is 0 Å². The first-order chi connectivity index (χ1) is 14.8. The van der Waals surface area contributed by atoms with Crippen LogP contribution in [0.1, 0.15) is 61.6 Å². The lowest BCUT2D eigenvalue weighted by Crippen LogP contribution is -2.47. The van der Waals surface area contributed by atoms with Crippen LogP contribution in [-0.2, 0) is 22.5 Å². The number of carbonyl (C=O) groups excluding carboxylic acids is 2. The molecule has 0 saturated heterocycles. The molecule has 1 N–H and O–H groups in total. The molecule has 0 spiro atoms. The van der Waals surface area contributed by atoms with E-state index in [-0.39, 0.29) is 11.9 Å². The van der Waals surface area contributed by atoms with Crippen molar-refractivity contribution in [2.24, 2.45) is 11.8 Å².